The molecule has 1 atom stereocenters. The highest BCUT2D eigenvalue weighted by atomic mass is 16.4. The van der Waals surface area contributed by atoms with Crippen LogP contribution in [-0.4, -0.2) is 53.1 Å². The molecule has 1 unspecified atom stereocenters. The first-order valence-corrected chi connectivity index (χ1v) is 7.47. The van der Waals surface area contributed by atoms with Crippen molar-refractivity contribution in [3.8, 4) is 0 Å². The van der Waals surface area contributed by atoms with Gasteiger partial charge in [0, 0.05) is 13.6 Å². The molecule has 1 aliphatic heterocycles. The summed E-state index contributed by atoms with van der Waals surface area (Å²) in [5.74, 6) is -1.00. The van der Waals surface area contributed by atoms with Crippen molar-refractivity contribution in [2.75, 3.05) is 13.6 Å². The Morgan fingerprint density at radius 2 is 2.00 bits per heavy atom. The van der Waals surface area contributed by atoms with E-state index in [9.17, 15) is 14.4 Å². The fraction of sp³-hybridized carbons (Fsp3) is 0.786. The summed E-state index contributed by atoms with van der Waals surface area (Å²) in [5, 5.41) is 14.6. The first kappa shape index (κ1) is 15.6. The first-order valence-electron chi connectivity index (χ1n) is 7.47. The maximum atomic E-state index is 12.1. The molecule has 1 heterocycles. The van der Waals surface area contributed by atoms with E-state index in [1.165, 1.54) is 0 Å². The number of aliphatic carboxylic acids is 1. The number of hydrogen-bond acceptors (Lipinski definition) is 3. The Bertz CT molecular complexity index is 432. The van der Waals surface area contributed by atoms with Crippen LogP contribution in [-0.2, 0) is 9.59 Å². The highest BCUT2D eigenvalue weighted by Gasteiger charge is 2.37. The van der Waals surface area contributed by atoms with Gasteiger partial charge in [-0.1, -0.05) is 19.3 Å². The fourth-order valence-electron chi connectivity index (χ4n) is 3.26. The lowest BCUT2D eigenvalue weighted by molar-refractivity contribution is -0.139. The van der Waals surface area contributed by atoms with E-state index in [4.69, 9.17) is 5.11 Å². The number of nitrogens with one attached hydrogen (secondary N) is 2. The third kappa shape index (κ3) is 3.86. The molecule has 0 bridgehead atoms. The number of rotatable bonds is 4. The Kier molecular flexibility index (Phi) is 4.69. The molecule has 1 saturated carbocycles. The summed E-state index contributed by atoms with van der Waals surface area (Å²) in [6.07, 6.45) is 4.76. The molecule has 7 heteroatoms. The number of nitrogens with zero attached hydrogens (tertiary/aromatic N) is 1. The molecule has 3 N–H and O–H groups in total. The Morgan fingerprint density at radius 1 is 1.33 bits per heavy atom. The molecule has 21 heavy (non-hydrogen) atoms. The van der Waals surface area contributed by atoms with Crippen LogP contribution in [0.2, 0.25) is 0 Å². The first-order chi connectivity index (χ1) is 9.92. The minimum absolute atomic E-state index is 0.0705. The minimum atomic E-state index is -0.908. The molecule has 0 spiro atoms. The maximum Gasteiger partial charge on any atom is 0.315 e. The lowest BCUT2D eigenvalue weighted by Crippen LogP contribution is -2.56. The van der Waals surface area contributed by atoms with Gasteiger partial charge >= 0.3 is 12.0 Å². The number of amides is 3. The quantitative estimate of drug-likeness (QED) is 0.711. The molecule has 0 aromatic heterocycles. The van der Waals surface area contributed by atoms with Crippen LogP contribution in [0.5, 0.6) is 0 Å². The smallest absolute Gasteiger partial charge is 0.315 e. The van der Waals surface area contributed by atoms with E-state index in [2.05, 4.69) is 10.6 Å². The molecular weight excluding hydrogens is 274 g/mol. The zero-order chi connectivity index (χ0) is 15.5. The lowest BCUT2D eigenvalue weighted by atomic mass is 9.79. The topological polar surface area (TPSA) is 98.7 Å². The van der Waals surface area contributed by atoms with Crippen molar-refractivity contribution in [1.82, 2.24) is 15.5 Å². The SMILES string of the molecule is CN1CCC(NC(=O)NC2(CC(=O)O)CCCCC2)C1=O. The molecule has 2 rings (SSSR count). The van der Waals surface area contributed by atoms with Gasteiger partial charge in [0.1, 0.15) is 6.04 Å². The summed E-state index contributed by atoms with van der Waals surface area (Å²) in [6, 6.07) is -0.938. The van der Waals surface area contributed by atoms with Gasteiger partial charge in [-0.05, 0) is 19.3 Å². The predicted molar refractivity (Wildman–Crippen MR) is 75.8 cm³/mol. The molecule has 0 aromatic carbocycles. The summed E-state index contributed by atoms with van der Waals surface area (Å²) in [4.78, 5) is 36.5. The predicted octanol–water partition coefficient (Wildman–Crippen LogP) is 0.694. The van der Waals surface area contributed by atoms with E-state index in [-0.39, 0.29) is 12.3 Å². The number of carbonyl (C=O) groups is 3. The largest absolute Gasteiger partial charge is 0.481 e. The number of hydrogen-bond donors (Lipinski definition) is 3. The lowest BCUT2D eigenvalue weighted by Gasteiger charge is -2.37. The second kappa shape index (κ2) is 6.32. The van der Waals surface area contributed by atoms with E-state index in [0.29, 0.717) is 25.8 Å². The van der Waals surface area contributed by atoms with E-state index in [1.807, 2.05) is 0 Å². The second-order valence-electron chi connectivity index (χ2n) is 6.11. The normalized spacial score (nSPS) is 24.7. The van der Waals surface area contributed by atoms with Gasteiger partial charge in [-0.3, -0.25) is 9.59 Å². The Morgan fingerprint density at radius 3 is 2.52 bits per heavy atom. The van der Waals surface area contributed by atoms with Gasteiger partial charge in [0.05, 0.1) is 12.0 Å². The molecule has 2 aliphatic rings. The number of urea groups is 1. The molecular formula is C14H23N3O4. The van der Waals surface area contributed by atoms with Crippen LogP contribution < -0.4 is 10.6 Å². The third-order valence-electron chi connectivity index (χ3n) is 4.41. The van der Waals surface area contributed by atoms with Gasteiger partial charge in [0.25, 0.3) is 0 Å². The molecule has 3 amide bonds. The molecule has 0 aromatic rings. The van der Waals surface area contributed by atoms with Gasteiger partial charge in [-0.2, -0.15) is 0 Å². The van der Waals surface area contributed by atoms with Crippen LogP contribution >= 0.6 is 0 Å². The van der Waals surface area contributed by atoms with Crippen molar-refractivity contribution in [1.29, 1.82) is 0 Å². The Labute approximate surface area is 124 Å². The fourth-order valence-corrected chi connectivity index (χ4v) is 3.26. The van der Waals surface area contributed by atoms with Crippen molar-refractivity contribution < 1.29 is 19.5 Å². The minimum Gasteiger partial charge on any atom is -0.481 e. The van der Waals surface area contributed by atoms with Crippen molar-refractivity contribution >= 4 is 17.9 Å². The van der Waals surface area contributed by atoms with Gasteiger partial charge in [-0.25, -0.2) is 4.79 Å². The summed E-state index contributed by atoms with van der Waals surface area (Å²) in [7, 11) is 1.70. The third-order valence-corrected chi connectivity index (χ3v) is 4.41. The van der Waals surface area contributed by atoms with Crippen molar-refractivity contribution in [2.24, 2.45) is 0 Å². The van der Waals surface area contributed by atoms with Gasteiger partial charge in [0.15, 0.2) is 0 Å². The van der Waals surface area contributed by atoms with E-state index in [1.54, 1.807) is 11.9 Å². The van der Waals surface area contributed by atoms with Crippen molar-refractivity contribution in [2.45, 2.75) is 56.5 Å². The molecule has 1 saturated heterocycles. The highest BCUT2D eigenvalue weighted by Crippen LogP contribution is 2.31. The van der Waals surface area contributed by atoms with Crippen LogP contribution in [0, 0.1) is 0 Å². The second-order valence-corrected chi connectivity index (χ2v) is 6.11. The van der Waals surface area contributed by atoms with Gasteiger partial charge < -0.3 is 20.6 Å². The number of likely N-dealkylation sites (tertiary alicyclic amines) is 1. The monoisotopic (exact) mass is 297 g/mol. The van der Waals surface area contributed by atoms with Crippen LogP contribution in [0.15, 0.2) is 0 Å². The van der Waals surface area contributed by atoms with Crippen LogP contribution in [0.1, 0.15) is 44.9 Å². The average Bonchev–Trinajstić information content (AvgIpc) is 2.70. The summed E-state index contributed by atoms with van der Waals surface area (Å²) >= 11 is 0. The highest BCUT2D eigenvalue weighted by molar-refractivity contribution is 5.88. The standard InChI is InChI=1S/C14H23N3O4/c1-17-8-5-10(12(17)20)15-13(21)16-14(9-11(18)19)6-3-2-4-7-14/h10H,2-9H2,1H3,(H,18,19)(H2,15,16,21). The molecule has 118 valence electrons. The van der Waals surface area contributed by atoms with Crippen LogP contribution in [0.25, 0.3) is 0 Å². The Hall–Kier alpha value is -1.79. The summed E-state index contributed by atoms with van der Waals surface area (Å²) in [5.41, 5.74) is -0.679. The summed E-state index contributed by atoms with van der Waals surface area (Å²) < 4.78 is 0. The van der Waals surface area contributed by atoms with Crippen molar-refractivity contribution in [3.63, 3.8) is 0 Å². The van der Waals surface area contributed by atoms with Crippen molar-refractivity contribution in [3.05, 3.63) is 0 Å². The average molecular weight is 297 g/mol. The number of carboxylic acids is 1. The van der Waals surface area contributed by atoms with Gasteiger partial charge in [-0.15, -0.1) is 0 Å². The Balaban J connectivity index is 1.95. The molecule has 0 radical (unpaired) electrons. The van der Waals surface area contributed by atoms with Crippen LogP contribution in [0.3, 0.4) is 0 Å². The number of carboxylic acid groups (broad SMARTS) is 1. The number of carbonyl (C=O) groups excluding carboxylic acids is 2. The van der Waals surface area contributed by atoms with Crippen LogP contribution in [0.4, 0.5) is 4.79 Å². The zero-order valence-electron chi connectivity index (χ0n) is 12.4. The summed E-state index contributed by atoms with van der Waals surface area (Å²) in [6.45, 7) is 0.629. The molecule has 1 aliphatic carbocycles. The van der Waals surface area contributed by atoms with E-state index >= 15 is 0 Å². The molecule has 7 nitrogen and oxygen atoms in total. The molecule has 2 fully saturated rings. The van der Waals surface area contributed by atoms with Gasteiger partial charge in [0.2, 0.25) is 5.91 Å². The van der Waals surface area contributed by atoms with E-state index < -0.39 is 23.6 Å². The zero-order valence-corrected chi connectivity index (χ0v) is 12.4. The maximum absolute atomic E-state index is 12.1. The van der Waals surface area contributed by atoms with E-state index in [0.717, 1.165) is 19.3 Å². The number of likely N-dealkylation sites (N-methyl/N-ethyl adjacent to an activating group) is 1.